The van der Waals surface area contributed by atoms with Crippen LogP contribution in [0.15, 0.2) is 42.5 Å². The Morgan fingerprint density at radius 1 is 1.10 bits per heavy atom. The maximum Gasteiger partial charge on any atom is 0.291 e. The molecule has 0 atom stereocenters. The highest BCUT2D eigenvalue weighted by atomic mass is 35.5. The number of hydrogen-bond donors (Lipinski definition) is 1. The highest BCUT2D eigenvalue weighted by molar-refractivity contribution is 6.37. The number of aromatic nitrogens is 3. The van der Waals surface area contributed by atoms with Gasteiger partial charge in [0.2, 0.25) is 5.82 Å². The van der Waals surface area contributed by atoms with E-state index in [1.165, 1.54) is 4.68 Å². The summed E-state index contributed by atoms with van der Waals surface area (Å²) in [7, 11) is 0. The summed E-state index contributed by atoms with van der Waals surface area (Å²) in [5.74, 6) is 0.335. The molecule has 0 radical (unpaired) electrons. The highest BCUT2D eigenvalue weighted by Gasteiger charge is 2.19. The molecule has 1 aliphatic rings. The Bertz CT molecular complexity index is 1040. The molecular weight excluding hydrogens is 437 g/mol. The van der Waals surface area contributed by atoms with Crippen LogP contribution in [0.5, 0.6) is 0 Å². The fourth-order valence-corrected chi connectivity index (χ4v) is 4.00. The van der Waals surface area contributed by atoms with Crippen LogP contribution in [0.3, 0.4) is 0 Å². The minimum Gasteiger partial charge on any atom is -0.378 e. The number of morpholine rings is 1. The van der Waals surface area contributed by atoms with Crippen LogP contribution in [0.4, 0.5) is 5.69 Å². The summed E-state index contributed by atoms with van der Waals surface area (Å²) in [6, 6.07) is 13.4. The van der Waals surface area contributed by atoms with E-state index >= 15 is 0 Å². The Labute approximate surface area is 190 Å². The topological polar surface area (TPSA) is 72.3 Å². The van der Waals surface area contributed by atoms with Crippen LogP contribution in [0.1, 0.15) is 28.9 Å². The van der Waals surface area contributed by atoms with Crippen LogP contribution >= 0.6 is 23.2 Å². The number of amides is 1. The van der Waals surface area contributed by atoms with Gasteiger partial charge in [-0.1, -0.05) is 48.3 Å². The Hall–Kier alpha value is -2.61. The first-order valence-electron chi connectivity index (χ1n) is 10.2. The summed E-state index contributed by atoms with van der Waals surface area (Å²) in [4.78, 5) is 19.3. The molecule has 1 N–H and O–H groups in total. The fourth-order valence-electron chi connectivity index (χ4n) is 3.45. The molecule has 9 heteroatoms. The quantitative estimate of drug-likeness (QED) is 0.604. The van der Waals surface area contributed by atoms with Gasteiger partial charge in [0.05, 0.1) is 23.3 Å². The van der Waals surface area contributed by atoms with Gasteiger partial charge >= 0.3 is 0 Å². The average Bonchev–Trinajstić information content (AvgIpc) is 3.22. The van der Waals surface area contributed by atoms with Crippen LogP contribution in [0.2, 0.25) is 10.0 Å². The third-order valence-electron chi connectivity index (χ3n) is 5.11. The summed E-state index contributed by atoms with van der Waals surface area (Å²) in [5.41, 5.74) is 2.67. The van der Waals surface area contributed by atoms with E-state index in [0.717, 1.165) is 37.6 Å². The number of nitrogens with zero attached hydrogens (tertiary/aromatic N) is 4. The van der Waals surface area contributed by atoms with Gasteiger partial charge in [0.1, 0.15) is 11.5 Å². The second-order valence-corrected chi connectivity index (χ2v) is 7.95. The van der Waals surface area contributed by atoms with Gasteiger partial charge in [0.15, 0.2) is 0 Å². The lowest BCUT2D eigenvalue weighted by atomic mass is 10.2. The van der Waals surface area contributed by atoms with Gasteiger partial charge in [-0.3, -0.25) is 4.79 Å². The largest absolute Gasteiger partial charge is 0.378 e. The molecule has 1 aliphatic heterocycles. The zero-order valence-electron chi connectivity index (χ0n) is 17.1. The van der Waals surface area contributed by atoms with E-state index in [2.05, 4.69) is 32.4 Å². The zero-order chi connectivity index (χ0) is 21.8. The van der Waals surface area contributed by atoms with Gasteiger partial charge in [-0.15, -0.1) is 5.10 Å². The summed E-state index contributed by atoms with van der Waals surface area (Å²) in [5, 5.41) is 8.14. The average molecular weight is 460 g/mol. The lowest BCUT2D eigenvalue weighted by Gasteiger charge is -2.28. The van der Waals surface area contributed by atoms with Crippen molar-refractivity contribution in [1.82, 2.24) is 20.1 Å². The predicted octanol–water partition coefficient (Wildman–Crippen LogP) is 3.90. The first kappa shape index (κ1) is 21.6. The van der Waals surface area contributed by atoms with Crippen molar-refractivity contribution in [2.24, 2.45) is 0 Å². The summed E-state index contributed by atoms with van der Waals surface area (Å²) in [6.07, 6.45) is 0.574. The van der Waals surface area contributed by atoms with E-state index in [1.54, 1.807) is 18.2 Å². The number of nitrogens with one attached hydrogen (secondary N) is 1. The van der Waals surface area contributed by atoms with Crippen molar-refractivity contribution in [3.8, 4) is 5.69 Å². The van der Waals surface area contributed by atoms with Gasteiger partial charge < -0.3 is 15.0 Å². The first-order valence-corrected chi connectivity index (χ1v) is 10.9. The van der Waals surface area contributed by atoms with E-state index in [4.69, 9.17) is 27.9 Å². The Balaban J connectivity index is 1.45. The number of aryl methyl sites for hydroxylation is 1. The van der Waals surface area contributed by atoms with Crippen LogP contribution in [0.25, 0.3) is 5.69 Å². The molecule has 1 aromatic heterocycles. The molecule has 31 heavy (non-hydrogen) atoms. The molecule has 1 amide bonds. The third-order valence-corrected chi connectivity index (χ3v) is 5.72. The van der Waals surface area contributed by atoms with Gasteiger partial charge in [-0.2, -0.15) is 0 Å². The molecule has 1 fully saturated rings. The second-order valence-electron chi connectivity index (χ2n) is 7.14. The predicted molar refractivity (Wildman–Crippen MR) is 121 cm³/mol. The Morgan fingerprint density at radius 3 is 2.42 bits per heavy atom. The van der Waals surface area contributed by atoms with Gasteiger partial charge in [0, 0.05) is 31.7 Å². The minimum absolute atomic E-state index is 0.0813. The SMILES string of the molecule is CCc1nc(C(=O)NCc2ccc(N3CCOCC3)cc2)nn1-c1c(Cl)cccc1Cl. The monoisotopic (exact) mass is 459 g/mol. The summed E-state index contributed by atoms with van der Waals surface area (Å²) in [6.45, 7) is 5.58. The lowest BCUT2D eigenvalue weighted by molar-refractivity contribution is 0.0940. The lowest BCUT2D eigenvalue weighted by Crippen LogP contribution is -2.36. The molecule has 0 aliphatic carbocycles. The maximum atomic E-state index is 12.7. The number of halogens is 2. The molecule has 0 spiro atoms. The number of hydrogen-bond acceptors (Lipinski definition) is 5. The van der Waals surface area contributed by atoms with Crippen molar-refractivity contribution < 1.29 is 9.53 Å². The Morgan fingerprint density at radius 2 is 1.77 bits per heavy atom. The molecule has 2 heterocycles. The second kappa shape index (κ2) is 9.68. The van der Waals surface area contributed by atoms with E-state index in [9.17, 15) is 4.79 Å². The van der Waals surface area contributed by atoms with Crippen molar-refractivity contribution in [3.63, 3.8) is 0 Å². The van der Waals surface area contributed by atoms with Crippen LogP contribution in [-0.2, 0) is 17.7 Å². The molecule has 1 saturated heterocycles. The van der Waals surface area contributed by atoms with E-state index in [1.807, 2.05) is 19.1 Å². The molecule has 162 valence electrons. The molecular formula is C22H23Cl2N5O2. The molecule has 0 bridgehead atoms. The van der Waals surface area contributed by atoms with Crippen LogP contribution in [-0.4, -0.2) is 47.0 Å². The van der Waals surface area contributed by atoms with Gasteiger partial charge in [0.25, 0.3) is 5.91 Å². The number of para-hydroxylation sites is 1. The fraction of sp³-hybridized carbons (Fsp3) is 0.318. The normalized spacial score (nSPS) is 14.0. The highest BCUT2D eigenvalue weighted by Crippen LogP contribution is 2.28. The van der Waals surface area contributed by atoms with Crippen molar-refractivity contribution in [1.29, 1.82) is 0 Å². The number of carbonyl (C=O) groups is 1. The number of ether oxygens (including phenoxy) is 1. The third kappa shape index (κ3) is 4.84. The minimum atomic E-state index is -0.353. The van der Waals surface area contributed by atoms with E-state index in [0.29, 0.717) is 34.5 Å². The molecule has 7 nitrogen and oxygen atoms in total. The van der Waals surface area contributed by atoms with Gasteiger partial charge in [-0.05, 0) is 29.8 Å². The van der Waals surface area contributed by atoms with E-state index in [-0.39, 0.29) is 11.7 Å². The molecule has 0 unspecified atom stereocenters. The van der Waals surface area contributed by atoms with Crippen molar-refractivity contribution in [2.45, 2.75) is 19.9 Å². The standard InChI is InChI=1S/C22H23Cl2N5O2/c1-2-19-26-21(27-29(19)20-17(23)4-3-5-18(20)24)22(30)25-14-15-6-8-16(9-7-15)28-10-12-31-13-11-28/h3-9H,2,10-14H2,1H3,(H,25,30). The molecule has 2 aromatic carbocycles. The Kier molecular flexibility index (Phi) is 6.75. The zero-order valence-corrected chi connectivity index (χ0v) is 18.7. The smallest absolute Gasteiger partial charge is 0.291 e. The maximum absolute atomic E-state index is 12.7. The summed E-state index contributed by atoms with van der Waals surface area (Å²) >= 11 is 12.6. The molecule has 0 saturated carbocycles. The van der Waals surface area contributed by atoms with E-state index < -0.39 is 0 Å². The van der Waals surface area contributed by atoms with Gasteiger partial charge in [-0.25, -0.2) is 9.67 Å². The molecule has 3 aromatic rings. The first-order chi connectivity index (χ1) is 15.1. The number of benzene rings is 2. The van der Waals surface area contributed by atoms with Crippen molar-refractivity contribution in [3.05, 3.63) is 69.7 Å². The summed E-state index contributed by atoms with van der Waals surface area (Å²) < 4.78 is 6.93. The number of carbonyl (C=O) groups excluding carboxylic acids is 1. The number of anilines is 1. The van der Waals surface area contributed by atoms with Crippen molar-refractivity contribution in [2.75, 3.05) is 31.2 Å². The molecule has 4 rings (SSSR count). The van der Waals surface area contributed by atoms with Crippen LogP contribution < -0.4 is 10.2 Å². The van der Waals surface area contributed by atoms with Crippen LogP contribution in [0, 0.1) is 0 Å². The van der Waals surface area contributed by atoms with Crippen molar-refractivity contribution >= 4 is 34.8 Å². The number of rotatable bonds is 6.